The van der Waals surface area contributed by atoms with E-state index in [2.05, 4.69) is 12.2 Å². The van der Waals surface area contributed by atoms with Crippen molar-refractivity contribution in [3.63, 3.8) is 0 Å². The van der Waals surface area contributed by atoms with E-state index in [1.165, 1.54) is 25.7 Å². The summed E-state index contributed by atoms with van der Waals surface area (Å²) in [5, 5.41) is 3.09. The molecule has 2 aliphatic carbocycles. The lowest BCUT2D eigenvalue weighted by molar-refractivity contribution is -0.124. The maximum atomic E-state index is 12.1. The molecule has 5 heteroatoms. The molecule has 2 saturated carbocycles. The number of benzene rings is 1. The molecule has 4 unspecified atom stereocenters. The quantitative estimate of drug-likeness (QED) is 0.771. The van der Waals surface area contributed by atoms with Gasteiger partial charge in [-0.25, -0.2) is 4.79 Å². The van der Waals surface area contributed by atoms with E-state index in [1.54, 1.807) is 31.2 Å². The highest BCUT2D eigenvalue weighted by Crippen LogP contribution is 2.49. The minimum absolute atomic E-state index is 0.0100. The lowest BCUT2D eigenvalue weighted by Gasteiger charge is -2.28. The Morgan fingerprint density at radius 1 is 1.20 bits per heavy atom. The van der Waals surface area contributed by atoms with Crippen molar-refractivity contribution in [1.82, 2.24) is 5.32 Å². The van der Waals surface area contributed by atoms with Gasteiger partial charge < -0.3 is 14.8 Å². The van der Waals surface area contributed by atoms with Crippen LogP contribution in [0, 0.1) is 17.8 Å². The Morgan fingerprint density at radius 2 is 1.96 bits per heavy atom. The average molecular weight is 345 g/mol. The maximum Gasteiger partial charge on any atom is 0.338 e. The molecule has 0 saturated heterocycles. The van der Waals surface area contributed by atoms with Gasteiger partial charge >= 0.3 is 5.97 Å². The first-order chi connectivity index (χ1) is 12.1. The molecule has 0 aliphatic heterocycles. The summed E-state index contributed by atoms with van der Waals surface area (Å²) in [7, 11) is 0. The second kappa shape index (κ2) is 7.89. The van der Waals surface area contributed by atoms with Crippen molar-refractivity contribution >= 4 is 11.9 Å². The number of ether oxygens (including phenoxy) is 2. The van der Waals surface area contributed by atoms with Crippen LogP contribution in [0.1, 0.15) is 49.9 Å². The van der Waals surface area contributed by atoms with Crippen molar-refractivity contribution in [2.24, 2.45) is 17.8 Å². The van der Waals surface area contributed by atoms with Gasteiger partial charge in [0.2, 0.25) is 0 Å². The molecular weight excluding hydrogens is 318 g/mol. The number of esters is 1. The van der Waals surface area contributed by atoms with Gasteiger partial charge in [-0.2, -0.15) is 0 Å². The molecule has 5 nitrogen and oxygen atoms in total. The van der Waals surface area contributed by atoms with Crippen molar-refractivity contribution in [3.05, 3.63) is 29.8 Å². The number of amides is 1. The molecule has 1 N–H and O–H groups in total. The predicted molar refractivity (Wildman–Crippen MR) is 94.4 cm³/mol. The third-order valence-electron chi connectivity index (χ3n) is 5.56. The first kappa shape index (κ1) is 17.8. The Morgan fingerprint density at radius 3 is 2.56 bits per heavy atom. The topological polar surface area (TPSA) is 64.6 Å². The highest BCUT2D eigenvalue weighted by molar-refractivity contribution is 5.89. The summed E-state index contributed by atoms with van der Waals surface area (Å²) in [4.78, 5) is 23.7. The highest BCUT2D eigenvalue weighted by Gasteiger charge is 2.42. The van der Waals surface area contributed by atoms with Gasteiger partial charge in [-0.1, -0.05) is 6.42 Å². The van der Waals surface area contributed by atoms with Crippen LogP contribution in [0.25, 0.3) is 0 Å². The highest BCUT2D eigenvalue weighted by atomic mass is 16.5. The van der Waals surface area contributed by atoms with E-state index in [0.717, 1.165) is 11.8 Å². The summed E-state index contributed by atoms with van der Waals surface area (Å²) in [5.41, 5.74) is 0.476. The van der Waals surface area contributed by atoms with Gasteiger partial charge in [0.05, 0.1) is 12.2 Å². The molecule has 0 heterocycles. The molecule has 4 atom stereocenters. The van der Waals surface area contributed by atoms with E-state index >= 15 is 0 Å². The predicted octanol–water partition coefficient (Wildman–Crippen LogP) is 3.18. The minimum atomic E-state index is -0.355. The standard InChI is InChI=1S/C20H27NO4/c1-3-24-20(23)15-6-8-17(9-7-15)25-12-19(22)21-13(2)18-11-14-4-5-16(18)10-14/h6-9,13-14,16,18H,3-5,10-12H2,1-2H3,(H,21,22). The maximum absolute atomic E-state index is 12.1. The molecule has 0 spiro atoms. The van der Waals surface area contributed by atoms with Crippen molar-refractivity contribution in [1.29, 1.82) is 0 Å². The zero-order chi connectivity index (χ0) is 17.8. The molecule has 2 bridgehead atoms. The molecule has 1 amide bonds. The molecule has 0 aromatic heterocycles. The molecular formula is C20H27NO4. The lowest BCUT2D eigenvalue weighted by Crippen LogP contribution is -2.42. The van der Waals surface area contributed by atoms with Gasteiger partial charge in [-0.15, -0.1) is 0 Å². The van der Waals surface area contributed by atoms with Crippen molar-refractivity contribution in [2.75, 3.05) is 13.2 Å². The van der Waals surface area contributed by atoms with E-state index in [9.17, 15) is 9.59 Å². The number of hydrogen-bond acceptors (Lipinski definition) is 4. The summed E-state index contributed by atoms with van der Waals surface area (Å²) in [6, 6.07) is 6.85. The van der Waals surface area contributed by atoms with E-state index in [4.69, 9.17) is 9.47 Å². The van der Waals surface area contributed by atoms with Crippen molar-refractivity contribution in [3.8, 4) is 5.75 Å². The summed E-state index contributed by atoms with van der Waals surface area (Å²) in [6.45, 7) is 4.21. The fraction of sp³-hybridized carbons (Fsp3) is 0.600. The summed E-state index contributed by atoms with van der Waals surface area (Å²) in [5.74, 6) is 2.40. The third-order valence-corrected chi connectivity index (χ3v) is 5.56. The van der Waals surface area contributed by atoms with Gasteiger partial charge in [0.25, 0.3) is 5.91 Å². The molecule has 1 aromatic carbocycles. The first-order valence-electron chi connectivity index (χ1n) is 9.26. The molecule has 3 rings (SSSR count). The zero-order valence-corrected chi connectivity index (χ0v) is 15.0. The number of rotatable bonds is 7. The molecule has 136 valence electrons. The van der Waals surface area contributed by atoms with E-state index < -0.39 is 0 Å². The Kier molecular flexibility index (Phi) is 5.61. The zero-order valence-electron chi connectivity index (χ0n) is 15.0. The van der Waals surface area contributed by atoms with Crippen LogP contribution >= 0.6 is 0 Å². The molecule has 0 radical (unpaired) electrons. The first-order valence-corrected chi connectivity index (χ1v) is 9.26. The third kappa shape index (κ3) is 4.33. The van der Waals surface area contributed by atoms with E-state index in [0.29, 0.717) is 23.8 Å². The molecule has 2 aliphatic rings. The van der Waals surface area contributed by atoms with Gasteiger partial charge in [-0.05, 0) is 75.1 Å². The Bertz CT molecular complexity index is 613. The second-order valence-electron chi connectivity index (χ2n) is 7.23. The summed E-state index contributed by atoms with van der Waals surface area (Å²) >= 11 is 0. The van der Waals surface area contributed by atoms with Crippen LogP contribution in [0.4, 0.5) is 0 Å². The van der Waals surface area contributed by atoms with Crippen LogP contribution in [0.2, 0.25) is 0 Å². The number of fused-ring (bicyclic) bond motifs is 2. The molecule has 1 aromatic rings. The summed E-state index contributed by atoms with van der Waals surface area (Å²) in [6.07, 6.45) is 5.28. The number of carbonyl (C=O) groups is 2. The van der Waals surface area contributed by atoms with E-state index in [-0.39, 0.29) is 24.5 Å². The van der Waals surface area contributed by atoms with Gasteiger partial charge in [0.1, 0.15) is 5.75 Å². The summed E-state index contributed by atoms with van der Waals surface area (Å²) < 4.78 is 10.5. The monoisotopic (exact) mass is 345 g/mol. The van der Waals surface area contributed by atoms with Gasteiger partial charge in [0.15, 0.2) is 6.61 Å². The van der Waals surface area contributed by atoms with E-state index in [1.807, 2.05) is 0 Å². The lowest BCUT2D eigenvalue weighted by atomic mass is 9.84. The van der Waals surface area contributed by atoms with Crippen LogP contribution in [-0.4, -0.2) is 31.1 Å². The number of carbonyl (C=O) groups excluding carboxylic acids is 2. The Balaban J connectivity index is 1.43. The Labute approximate surface area is 149 Å². The average Bonchev–Trinajstić information content (AvgIpc) is 3.24. The number of hydrogen-bond donors (Lipinski definition) is 1. The van der Waals surface area contributed by atoms with Crippen LogP contribution in [-0.2, 0) is 9.53 Å². The van der Waals surface area contributed by atoms with Crippen molar-refractivity contribution < 1.29 is 19.1 Å². The van der Waals surface area contributed by atoms with Crippen LogP contribution in [0.3, 0.4) is 0 Å². The van der Waals surface area contributed by atoms with Crippen LogP contribution < -0.4 is 10.1 Å². The van der Waals surface area contributed by atoms with Gasteiger partial charge in [-0.3, -0.25) is 4.79 Å². The number of nitrogens with one attached hydrogen (secondary N) is 1. The largest absolute Gasteiger partial charge is 0.484 e. The van der Waals surface area contributed by atoms with Crippen LogP contribution in [0.15, 0.2) is 24.3 Å². The Hall–Kier alpha value is -2.04. The fourth-order valence-corrected chi connectivity index (χ4v) is 4.36. The SMILES string of the molecule is CCOC(=O)c1ccc(OCC(=O)NC(C)C2CC3CCC2C3)cc1. The smallest absolute Gasteiger partial charge is 0.338 e. The molecule has 25 heavy (non-hydrogen) atoms. The fourth-order valence-electron chi connectivity index (χ4n) is 4.36. The van der Waals surface area contributed by atoms with Crippen LogP contribution in [0.5, 0.6) is 5.75 Å². The van der Waals surface area contributed by atoms with Gasteiger partial charge in [0, 0.05) is 6.04 Å². The normalized spacial score (nSPS) is 25.4. The van der Waals surface area contributed by atoms with Crippen molar-refractivity contribution in [2.45, 2.75) is 45.6 Å². The minimum Gasteiger partial charge on any atom is -0.484 e. The molecule has 2 fully saturated rings. The second-order valence-corrected chi connectivity index (χ2v) is 7.23.